The highest BCUT2D eigenvalue weighted by Gasteiger charge is 2.40. The summed E-state index contributed by atoms with van der Waals surface area (Å²) in [5.41, 5.74) is 5.16. The van der Waals surface area contributed by atoms with Crippen LogP contribution in [0.3, 0.4) is 0 Å². The number of carbonyl (C=O) groups is 2. The quantitative estimate of drug-likeness (QED) is 0.295. The van der Waals surface area contributed by atoms with Gasteiger partial charge in [0.1, 0.15) is 0 Å². The van der Waals surface area contributed by atoms with Crippen molar-refractivity contribution < 1.29 is 19.4 Å². The van der Waals surface area contributed by atoms with Crippen molar-refractivity contribution in [1.82, 2.24) is 4.57 Å². The Kier molecular flexibility index (Phi) is 6.50. The van der Waals surface area contributed by atoms with Gasteiger partial charge in [-0.25, -0.2) is 4.79 Å². The summed E-state index contributed by atoms with van der Waals surface area (Å²) in [5.74, 6) is -0.849. The SMILES string of the molecule is Cc1ccc(C(=O)c2c(C)n(-c3ccc(COC4(C(=O)O)CCCCC4)cc3)c3ccccc23)cc1. The smallest absolute Gasteiger partial charge is 0.335 e. The van der Waals surface area contributed by atoms with Crippen molar-refractivity contribution in [3.63, 3.8) is 0 Å². The van der Waals surface area contributed by atoms with Crippen molar-refractivity contribution in [3.05, 3.63) is 101 Å². The standard InChI is InChI=1S/C31H31NO4/c1-21-10-14-24(15-11-21)29(33)28-22(2)32(27-9-5-4-8-26(27)28)25-16-12-23(13-17-25)20-36-31(30(34)35)18-6-3-7-19-31/h4-5,8-17H,3,6-7,18-20H2,1-2H3,(H,34,35). The summed E-state index contributed by atoms with van der Waals surface area (Å²) in [6.45, 7) is 4.25. The monoisotopic (exact) mass is 481 g/mol. The average Bonchev–Trinajstić information content (AvgIpc) is 3.20. The minimum Gasteiger partial charge on any atom is -0.479 e. The molecule has 0 atom stereocenters. The first kappa shape index (κ1) is 24.0. The average molecular weight is 482 g/mol. The number of rotatable bonds is 7. The largest absolute Gasteiger partial charge is 0.479 e. The van der Waals surface area contributed by atoms with Gasteiger partial charge in [0.05, 0.1) is 17.7 Å². The van der Waals surface area contributed by atoms with E-state index in [1.807, 2.05) is 86.6 Å². The van der Waals surface area contributed by atoms with Crippen LogP contribution in [0.15, 0.2) is 72.8 Å². The summed E-state index contributed by atoms with van der Waals surface area (Å²) >= 11 is 0. The van der Waals surface area contributed by atoms with Gasteiger partial charge in [-0.1, -0.05) is 66.6 Å². The molecule has 5 rings (SSSR count). The fraction of sp³-hybridized carbons (Fsp3) is 0.290. The molecule has 3 aromatic carbocycles. The third-order valence-electron chi connectivity index (χ3n) is 7.41. The van der Waals surface area contributed by atoms with Crippen LogP contribution in [-0.4, -0.2) is 27.0 Å². The van der Waals surface area contributed by atoms with E-state index in [0.29, 0.717) is 24.0 Å². The molecule has 5 nitrogen and oxygen atoms in total. The van der Waals surface area contributed by atoms with Crippen LogP contribution < -0.4 is 0 Å². The van der Waals surface area contributed by atoms with Crippen LogP contribution in [0.4, 0.5) is 0 Å². The van der Waals surface area contributed by atoms with E-state index in [1.54, 1.807) is 0 Å². The van der Waals surface area contributed by atoms with Gasteiger partial charge in [0, 0.05) is 22.3 Å². The van der Waals surface area contributed by atoms with Crippen LogP contribution in [0, 0.1) is 13.8 Å². The lowest BCUT2D eigenvalue weighted by Crippen LogP contribution is -2.43. The lowest BCUT2D eigenvalue weighted by Gasteiger charge is -2.33. The predicted molar refractivity (Wildman–Crippen MR) is 141 cm³/mol. The second kappa shape index (κ2) is 9.75. The van der Waals surface area contributed by atoms with E-state index in [2.05, 4.69) is 4.57 Å². The van der Waals surface area contributed by atoms with Gasteiger partial charge in [-0.15, -0.1) is 0 Å². The van der Waals surface area contributed by atoms with E-state index in [-0.39, 0.29) is 12.4 Å². The maximum Gasteiger partial charge on any atom is 0.335 e. The number of carboxylic acid groups (broad SMARTS) is 1. The number of aromatic nitrogens is 1. The highest BCUT2D eigenvalue weighted by atomic mass is 16.5. The molecule has 1 saturated carbocycles. The molecule has 0 unspecified atom stereocenters. The van der Waals surface area contributed by atoms with Crippen LogP contribution in [0.25, 0.3) is 16.6 Å². The molecular formula is C31H31NO4. The number of carboxylic acids is 1. The Balaban J connectivity index is 1.46. The lowest BCUT2D eigenvalue weighted by molar-refractivity contribution is -0.173. The summed E-state index contributed by atoms with van der Waals surface area (Å²) in [6, 6.07) is 23.6. The number of ketones is 1. The Hall–Kier alpha value is -3.70. The molecule has 184 valence electrons. The molecule has 1 heterocycles. The molecule has 36 heavy (non-hydrogen) atoms. The van der Waals surface area contributed by atoms with Crippen molar-refractivity contribution in [2.24, 2.45) is 0 Å². The molecule has 0 spiro atoms. The molecular weight excluding hydrogens is 450 g/mol. The number of hydrogen-bond acceptors (Lipinski definition) is 3. The molecule has 4 aromatic rings. The molecule has 0 aliphatic heterocycles. The lowest BCUT2D eigenvalue weighted by atomic mass is 9.84. The Bertz CT molecular complexity index is 1410. The van der Waals surface area contributed by atoms with Gasteiger partial charge in [0.25, 0.3) is 0 Å². The second-order valence-corrected chi connectivity index (χ2v) is 9.82. The number of fused-ring (bicyclic) bond motifs is 1. The Morgan fingerprint density at radius 2 is 1.56 bits per heavy atom. The normalized spacial score (nSPS) is 15.2. The first-order chi connectivity index (χ1) is 17.4. The minimum absolute atomic E-state index is 0.0129. The topological polar surface area (TPSA) is 68.5 Å². The Labute approximate surface area is 211 Å². The molecule has 1 aliphatic carbocycles. The molecule has 5 heteroatoms. The number of aryl methyl sites for hydroxylation is 1. The fourth-order valence-electron chi connectivity index (χ4n) is 5.34. The van der Waals surface area contributed by atoms with Crippen LogP contribution in [0.1, 0.15) is 64.8 Å². The molecule has 0 radical (unpaired) electrons. The first-order valence-electron chi connectivity index (χ1n) is 12.6. The van der Waals surface area contributed by atoms with Gasteiger partial charge in [-0.3, -0.25) is 4.79 Å². The zero-order valence-electron chi connectivity index (χ0n) is 20.8. The highest BCUT2D eigenvalue weighted by molar-refractivity contribution is 6.17. The minimum atomic E-state index is -1.07. The molecule has 0 saturated heterocycles. The fourth-order valence-corrected chi connectivity index (χ4v) is 5.34. The molecule has 1 N–H and O–H groups in total. The van der Waals surface area contributed by atoms with E-state index in [0.717, 1.165) is 52.7 Å². The maximum absolute atomic E-state index is 13.5. The zero-order chi connectivity index (χ0) is 25.3. The van der Waals surface area contributed by atoms with Crippen LogP contribution in [-0.2, 0) is 16.1 Å². The van der Waals surface area contributed by atoms with Crippen molar-refractivity contribution in [2.45, 2.75) is 58.2 Å². The van der Waals surface area contributed by atoms with E-state index < -0.39 is 11.6 Å². The van der Waals surface area contributed by atoms with E-state index in [1.165, 1.54) is 0 Å². The number of benzene rings is 3. The maximum atomic E-state index is 13.5. The van der Waals surface area contributed by atoms with Gasteiger partial charge in [-0.2, -0.15) is 0 Å². The highest BCUT2D eigenvalue weighted by Crippen LogP contribution is 2.34. The summed E-state index contributed by atoms with van der Waals surface area (Å²) in [5, 5.41) is 10.7. The number of aliphatic carboxylic acids is 1. The van der Waals surface area contributed by atoms with E-state index in [9.17, 15) is 14.7 Å². The number of para-hydroxylation sites is 1. The summed E-state index contributed by atoms with van der Waals surface area (Å²) in [4.78, 5) is 25.5. The molecule has 0 bridgehead atoms. The van der Waals surface area contributed by atoms with Crippen LogP contribution >= 0.6 is 0 Å². The Morgan fingerprint density at radius 1 is 0.889 bits per heavy atom. The van der Waals surface area contributed by atoms with Crippen molar-refractivity contribution >= 4 is 22.7 Å². The Morgan fingerprint density at radius 3 is 2.22 bits per heavy atom. The molecule has 1 aliphatic rings. The van der Waals surface area contributed by atoms with Crippen molar-refractivity contribution in [1.29, 1.82) is 0 Å². The van der Waals surface area contributed by atoms with Crippen molar-refractivity contribution in [2.75, 3.05) is 0 Å². The summed E-state index contributed by atoms with van der Waals surface area (Å²) in [7, 11) is 0. The van der Waals surface area contributed by atoms with Gasteiger partial charge in [0.15, 0.2) is 11.4 Å². The van der Waals surface area contributed by atoms with Crippen LogP contribution in [0.2, 0.25) is 0 Å². The van der Waals surface area contributed by atoms with Crippen LogP contribution in [0.5, 0.6) is 0 Å². The summed E-state index contributed by atoms with van der Waals surface area (Å²) in [6.07, 6.45) is 3.95. The molecule has 0 amide bonds. The number of ether oxygens (including phenoxy) is 1. The number of hydrogen-bond donors (Lipinski definition) is 1. The number of nitrogens with zero attached hydrogens (tertiary/aromatic N) is 1. The third-order valence-corrected chi connectivity index (χ3v) is 7.41. The van der Waals surface area contributed by atoms with Gasteiger partial charge in [0.2, 0.25) is 0 Å². The number of carbonyl (C=O) groups excluding carboxylic acids is 1. The third kappa shape index (κ3) is 4.35. The van der Waals surface area contributed by atoms with Gasteiger partial charge in [-0.05, 0) is 63.3 Å². The van der Waals surface area contributed by atoms with E-state index >= 15 is 0 Å². The first-order valence-corrected chi connectivity index (χ1v) is 12.6. The predicted octanol–water partition coefficient (Wildman–Crippen LogP) is 6.78. The molecule has 1 aromatic heterocycles. The van der Waals surface area contributed by atoms with Gasteiger partial charge < -0.3 is 14.4 Å². The second-order valence-electron chi connectivity index (χ2n) is 9.82. The van der Waals surface area contributed by atoms with E-state index in [4.69, 9.17) is 4.74 Å². The van der Waals surface area contributed by atoms with Crippen molar-refractivity contribution in [3.8, 4) is 5.69 Å². The zero-order valence-corrected chi connectivity index (χ0v) is 20.8. The summed E-state index contributed by atoms with van der Waals surface area (Å²) < 4.78 is 8.11. The van der Waals surface area contributed by atoms with Gasteiger partial charge >= 0.3 is 5.97 Å². The molecule has 1 fully saturated rings.